The second-order valence-corrected chi connectivity index (χ2v) is 9.70. The number of aliphatic imine (C=N–C) groups is 1. The Balaban J connectivity index is 1.37. The molecule has 3 aromatic rings. The maximum absolute atomic E-state index is 13.5. The first kappa shape index (κ1) is 24.5. The van der Waals surface area contributed by atoms with Gasteiger partial charge in [0.2, 0.25) is 0 Å². The van der Waals surface area contributed by atoms with Crippen LogP contribution in [0.25, 0.3) is 17.0 Å². The first-order chi connectivity index (χ1) is 17.2. The van der Waals surface area contributed by atoms with Crippen molar-refractivity contribution in [2.45, 2.75) is 25.7 Å². The van der Waals surface area contributed by atoms with E-state index in [4.69, 9.17) is 4.74 Å². The average Bonchev–Trinajstić information content (AvgIpc) is 3.42. The van der Waals surface area contributed by atoms with Crippen LogP contribution in [-0.2, 0) is 22.3 Å². The van der Waals surface area contributed by atoms with Crippen molar-refractivity contribution in [3.8, 4) is 0 Å². The van der Waals surface area contributed by atoms with Gasteiger partial charge in [0.15, 0.2) is 5.17 Å². The van der Waals surface area contributed by atoms with E-state index in [0.29, 0.717) is 40.9 Å². The number of nitrogens with zero attached hydrogens (tertiary/aromatic N) is 4. The highest BCUT2D eigenvalue weighted by molar-refractivity contribution is 8.18. The molecule has 1 saturated heterocycles. The molecule has 0 unspecified atom stereocenters. The molecule has 1 fully saturated rings. The number of carbonyl (C=O) groups is 1. The molecule has 7 nitrogen and oxygen atoms in total. The Kier molecular flexibility index (Phi) is 6.62. The molecule has 0 bridgehead atoms. The Bertz CT molecular complexity index is 1380. The number of benzene rings is 2. The molecule has 1 aromatic heterocycles. The van der Waals surface area contributed by atoms with E-state index in [-0.39, 0.29) is 30.7 Å². The zero-order valence-corrected chi connectivity index (χ0v) is 20.1. The van der Waals surface area contributed by atoms with Gasteiger partial charge in [-0.3, -0.25) is 9.48 Å². The first-order valence-electron chi connectivity index (χ1n) is 11.3. The second kappa shape index (κ2) is 9.72. The lowest BCUT2D eigenvalue weighted by atomic mass is 10.0. The van der Waals surface area contributed by atoms with Crippen molar-refractivity contribution >= 4 is 39.8 Å². The van der Waals surface area contributed by atoms with E-state index in [0.717, 1.165) is 17.0 Å². The van der Waals surface area contributed by atoms with E-state index in [1.807, 2.05) is 11.0 Å². The fourth-order valence-corrected chi connectivity index (χ4v) is 5.32. The number of ether oxygens (including phenoxy) is 1. The normalized spacial score (nSPS) is 20.0. The molecule has 2 aliphatic rings. The highest BCUT2D eigenvalue weighted by atomic mass is 32.2. The predicted molar refractivity (Wildman–Crippen MR) is 131 cm³/mol. The smallest absolute Gasteiger partial charge is 0.394 e. The molecule has 1 atom stereocenters. The van der Waals surface area contributed by atoms with Crippen molar-refractivity contribution in [2.24, 2.45) is 4.99 Å². The zero-order valence-electron chi connectivity index (χ0n) is 19.3. The number of carbonyl (C=O) groups excluding carboxylic acids is 1. The van der Waals surface area contributed by atoms with Gasteiger partial charge in [-0.15, -0.1) is 0 Å². The molecule has 0 spiro atoms. The van der Waals surface area contributed by atoms with Crippen LogP contribution in [0.4, 0.5) is 13.2 Å². The number of hydrogen-bond acceptors (Lipinski definition) is 6. The summed E-state index contributed by atoms with van der Waals surface area (Å²) in [7, 11) is 0. The molecular formula is C25H23F3N4O3S. The Labute approximate surface area is 209 Å². The van der Waals surface area contributed by atoms with Crippen LogP contribution in [-0.4, -0.2) is 63.3 Å². The quantitative estimate of drug-likeness (QED) is 0.527. The molecule has 0 saturated carbocycles. The topological polar surface area (TPSA) is 80.0 Å². The lowest BCUT2D eigenvalue weighted by Gasteiger charge is -2.35. The van der Waals surface area contributed by atoms with Crippen LogP contribution in [0.3, 0.4) is 0 Å². The maximum atomic E-state index is 13.5. The summed E-state index contributed by atoms with van der Waals surface area (Å²) in [5.74, 6) is -0.354. The third-order valence-electron chi connectivity index (χ3n) is 6.15. The minimum atomic E-state index is -4.45. The first-order valence-corrected chi connectivity index (χ1v) is 12.1. The number of hydrogen-bond donors (Lipinski definition) is 1. The molecular weight excluding hydrogens is 493 g/mol. The molecule has 0 aliphatic carbocycles. The third-order valence-corrected chi connectivity index (χ3v) is 7.17. The van der Waals surface area contributed by atoms with Crippen LogP contribution in [0.1, 0.15) is 22.3 Å². The fraction of sp³-hybridized carbons (Fsp3) is 0.320. The zero-order chi connectivity index (χ0) is 25.4. The van der Waals surface area contributed by atoms with Gasteiger partial charge in [-0.25, -0.2) is 0 Å². The number of thioether (sulfide) groups is 1. The summed E-state index contributed by atoms with van der Waals surface area (Å²) < 4.78 is 47.6. The Morgan fingerprint density at radius 1 is 1.25 bits per heavy atom. The number of fused-ring (bicyclic) bond motifs is 1. The minimum absolute atomic E-state index is 0.0177. The van der Waals surface area contributed by atoms with Gasteiger partial charge in [0.25, 0.3) is 5.91 Å². The summed E-state index contributed by atoms with van der Waals surface area (Å²) >= 11 is 1.25. The number of rotatable bonds is 4. The number of alkyl halides is 3. The van der Waals surface area contributed by atoms with E-state index < -0.39 is 11.7 Å². The number of aliphatic hydroxyl groups excluding tert-OH is 1. The van der Waals surface area contributed by atoms with Gasteiger partial charge in [-0.05, 0) is 54.1 Å². The van der Waals surface area contributed by atoms with Crippen molar-refractivity contribution in [1.82, 2.24) is 14.7 Å². The minimum Gasteiger partial charge on any atom is -0.394 e. The summed E-state index contributed by atoms with van der Waals surface area (Å²) in [4.78, 5) is 19.0. The van der Waals surface area contributed by atoms with Gasteiger partial charge < -0.3 is 14.7 Å². The van der Waals surface area contributed by atoms with Crippen LogP contribution in [0.2, 0.25) is 0 Å². The average molecular weight is 517 g/mol. The molecule has 188 valence electrons. The lowest BCUT2D eigenvalue weighted by molar-refractivity contribution is -0.138. The molecule has 36 heavy (non-hydrogen) atoms. The number of amides is 1. The van der Waals surface area contributed by atoms with Gasteiger partial charge in [0, 0.05) is 11.9 Å². The summed E-state index contributed by atoms with van der Waals surface area (Å²) in [5.41, 5.74) is 1.46. The highest BCUT2D eigenvalue weighted by Gasteiger charge is 2.34. The third kappa shape index (κ3) is 4.91. The second-order valence-electron chi connectivity index (χ2n) is 8.69. The summed E-state index contributed by atoms with van der Waals surface area (Å²) in [6.07, 6.45) is -1.12. The highest BCUT2D eigenvalue weighted by Crippen LogP contribution is 2.34. The number of morpholine rings is 1. The van der Waals surface area contributed by atoms with Gasteiger partial charge in [-0.2, -0.15) is 23.3 Å². The van der Waals surface area contributed by atoms with Crippen LogP contribution < -0.4 is 0 Å². The van der Waals surface area contributed by atoms with Crippen molar-refractivity contribution in [3.05, 3.63) is 69.8 Å². The molecule has 0 radical (unpaired) electrons. The number of amidine groups is 1. The Morgan fingerprint density at radius 3 is 2.86 bits per heavy atom. The maximum Gasteiger partial charge on any atom is 0.416 e. The van der Waals surface area contributed by atoms with E-state index in [1.54, 1.807) is 37.4 Å². The number of aromatic nitrogens is 2. The van der Waals surface area contributed by atoms with Crippen molar-refractivity contribution in [2.75, 3.05) is 26.4 Å². The van der Waals surface area contributed by atoms with Crippen molar-refractivity contribution in [3.63, 3.8) is 0 Å². The predicted octanol–water partition coefficient (Wildman–Crippen LogP) is 4.08. The summed E-state index contributed by atoms with van der Waals surface area (Å²) in [6.45, 7) is 2.93. The Hall–Kier alpha value is -3.15. The van der Waals surface area contributed by atoms with Crippen LogP contribution in [0, 0.1) is 6.92 Å². The van der Waals surface area contributed by atoms with E-state index in [9.17, 15) is 23.1 Å². The van der Waals surface area contributed by atoms with Crippen molar-refractivity contribution in [1.29, 1.82) is 0 Å². The SMILES string of the molecule is Cc1ccc(Cn2ncc3cc(/C=C4\SC(N5CCOC[C@H]5CO)=NC4=O)ccc32)c(C(F)(F)F)c1. The molecule has 3 heterocycles. The summed E-state index contributed by atoms with van der Waals surface area (Å²) in [5, 5.41) is 15.2. The lowest BCUT2D eigenvalue weighted by Crippen LogP contribution is -2.49. The Morgan fingerprint density at radius 2 is 2.08 bits per heavy atom. The van der Waals surface area contributed by atoms with Crippen molar-refractivity contribution < 1.29 is 27.8 Å². The molecule has 11 heteroatoms. The monoisotopic (exact) mass is 516 g/mol. The molecule has 1 N–H and O–H groups in total. The van der Waals surface area contributed by atoms with Crippen LogP contribution in [0.15, 0.2) is 52.5 Å². The van der Waals surface area contributed by atoms with Gasteiger partial charge >= 0.3 is 6.18 Å². The molecule has 1 amide bonds. The fourth-order valence-electron chi connectivity index (χ4n) is 4.30. The van der Waals surface area contributed by atoms with Crippen LogP contribution >= 0.6 is 11.8 Å². The van der Waals surface area contributed by atoms with Crippen LogP contribution in [0.5, 0.6) is 0 Å². The van der Waals surface area contributed by atoms with E-state index in [2.05, 4.69) is 10.1 Å². The van der Waals surface area contributed by atoms with E-state index in [1.165, 1.54) is 22.5 Å². The van der Waals surface area contributed by atoms with Gasteiger partial charge in [-0.1, -0.05) is 23.8 Å². The van der Waals surface area contributed by atoms with Gasteiger partial charge in [0.05, 0.1) is 54.6 Å². The number of aryl methyl sites for hydroxylation is 1. The summed E-state index contributed by atoms with van der Waals surface area (Å²) in [6, 6.07) is 9.47. The standard InChI is InChI=1S/C25H23F3N4O3S/c1-15-2-4-17(20(8-15)25(26,27)28)12-32-21-5-3-16(9-18(21)11-29-32)10-22-23(34)30-24(36-22)31-6-7-35-14-19(31)13-33/h2-5,8-11,19,33H,6-7,12-14H2,1H3/b22-10-/t19-/m1/s1. The van der Waals surface area contributed by atoms with E-state index >= 15 is 0 Å². The largest absolute Gasteiger partial charge is 0.416 e. The van der Waals surface area contributed by atoms with Gasteiger partial charge in [0.1, 0.15) is 0 Å². The molecule has 5 rings (SSSR count). The number of aliphatic hydroxyl groups is 1. The molecule has 2 aromatic carbocycles. The number of halogens is 3. The molecule has 2 aliphatic heterocycles.